The Balaban J connectivity index is 3.11. The summed E-state index contributed by atoms with van der Waals surface area (Å²) in [5.74, 6) is -1.62. The zero-order valence-electron chi connectivity index (χ0n) is 8.62. The number of nitrogens with two attached hydrogens (primary N) is 1. The van der Waals surface area contributed by atoms with Gasteiger partial charge in [-0.2, -0.15) is 4.68 Å². The maximum atomic E-state index is 11.4. The molecular weight excluding hydrogens is 230 g/mol. The van der Waals surface area contributed by atoms with E-state index in [2.05, 4.69) is 11.7 Å². The van der Waals surface area contributed by atoms with Crippen LogP contribution in [0.4, 0.5) is 10.6 Å². The summed E-state index contributed by atoms with van der Waals surface area (Å²) < 4.78 is 1.15. The molecule has 0 saturated heterocycles. The lowest BCUT2D eigenvalue weighted by Crippen LogP contribution is -2.35. The summed E-state index contributed by atoms with van der Waals surface area (Å²) in [6.45, 7) is 3.63. The number of rotatable bonds is 4. The van der Waals surface area contributed by atoms with E-state index in [1.807, 2.05) is 0 Å². The molecule has 9 nitrogen and oxygen atoms in total. The second kappa shape index (κ2) is 4.88. The Morgan fingerprint density at radius 1 is 1.71 bits per heavy atom. The molecule has 90 valence electrons. The van der Waals surface area contributed by atoms with Gasteiger partial charge in [0.2, 0.25) is 0 Å². The lowest BCUT2D eigenvalue weighted by Gasteiger charge is -1.96. The second-order valence-electron chi connectivity index (χ2n) is 2.95. The van der Waals surface area contributed by atoms with E-state index in [4.69, 9.17) is 5.73 Å². The number of aromatic nitrogens is 2. The number of carbonyl (C=O) groups is 2. The minimum Gasteiger partial charge on any atom is -0.358 e. The Labute approximate surface area is 95.0 Å². The molecule has 1 aromatic heterocycles. The predicted octanol–water partition coefficient (Wildman–Crippen LogP) is -0.214. The van der Waals surface area contributed by atoms with Crippen LogP contribution in [0.25, 0.3) is 0 Å². The van der Waals surface area contributed by atoms with E-state index in [0.717, 1.165) is 10.9 Å². The van der Waals surface area contributed by atoms with Crippen LogP contribution in [-0.4, -0.2) is 26.6 Å². The lowest BCUT2D eigenvalue weighted by atomic mass is 10.3. The van der Waals surface area contributed by atoms with Crippen molar-refractivity contribution in [2.24, 2.45) is 5.73 Å². The molecule has 17 heavy (non-hydrogen) atoms. The first-order chi connectivity index (χ1) is 7.95. The summed E-state index contributed by atoms with van der Waals surface area (Å²) in [4.78, 5) is 31.7. The number of urea groups is 1. The maximum Gasteiger partial charge on any atom is 0.402 e. The summed E-state index contributed by atoms with van der Waals surface area (Å²) in [6, 6.07) is -1.10. The molecule has 0 fully saturated rings. The fraction of sp³-hybridized carbons (Fsp3) is 0.125. The second-order valence-corrected chi connectivity index (χ2v) is 2.95. The van der Waals surface area contributed by atoms with E-state index in [1.165, 1.54) is 6.08 Å². The molecule has 0 saturated carbocycles. The van der Waals surface area contributed by atoms with Crippen molar-refractivity contribution in [1.82, 2.24) is 15.1 Å². The largest absolute Gasteiger partial charge is 0.402 e. The third kappa shape index (κ3) is 2.87. The van der Waals surface area contributed by atoms with Gasteiger partial charge in [0, 0.05) is 0 Å². The van der Waals surface area contributed by atoms with Crippen molar-refractivity contribution in [2.45, 2.75) is 6.54 Å². The van der Waals surface area contributed by atoms with Gasteiger partial charge >= 0.3 is 11.8 Å². The van der Waals surface area contributed by atoms with Gasteiger partial charge in [-0.1, -0.05) is 6.08 Å². The highest BCUT2D eigenvalue weighted by Crippen LogP contribution is 2.15. The lowest BCUT2D eigenvalue weighted by molar-refractivity contribution is -0.390. The quantitative estimate of drug-likeness (QED) is 0.425. The molecule has 0 aromatic carbocycles. The van der Waals surface area contributed by atoms with Crippen LogP contribution in [0.5, 0.6) is 0 Å². The van der Waals surface area contributed by atoms with E-state index in [0.29, 0.717) is 0 Å². The molecule has 0 spiro atoms. The number of nitro groups is 1. The maximum absolute atomic E-state index is 11.4. The fourth-order valence-corrected chi connectivity index (χ4v) is 1.11. The highest BCUT2D eigenvalue weighted by atomic mass is 16.6. The van der Waals surface area contributed by atoms with Crippen LogP contribution in [0.3, 0.4) is 0 Å². The van der Waals surface area contributed by atoms with E-state index in [1.54, 1.807) is 5.32 Å². The van der Waals surface area contributed by atoms with Gasteiger partial charge in [0.15, 0.2) is 5.56 Å². The van der Waals surface area contributed by atoms with E-state index < -0.39 is 22.7 Å². The molecule has 1 rings (SSSR count). The number of hydrogen-bond acceptors (Lipinski definition) is 5. The molecule has 1 aromatic rings. The van der Waals surface area contributed by atoms with E-state index >= 15 is 0 Å². The van der Waals surface area contributed by atoms with Crippen molar-refractivity contribution in [3.05, 3.63) is 34.5 Å². The Bertz CT molecular complexity index is 492. The number of allylic oxidation sites excluding steroid dienone is 1. The number of primary amides is 1. The number of nitrogens with zero attached hydrogens (tertiary/aromatic N) is 3. The van der Waals surface area contributed by atoms with Gasteiger partial charge in [0.05, 0.1) is 17.8 Å². The topological polar surface area (TPSA) is 133 Å². The Morgan fingerprint density at radius 2 is 2.35 bits per heavy atom. The van der Waals surface area contributed by atoms with E-state index in [9.17, 15) is 19.7 Å². The van der Waals surface area contributed by atoms with E-state index in [-0.39, 0.29) is 12.1 Å². The van der Waals surface area contributed by atoms with Crippen molar-refractivity contribution in [2.75, 3.05) is 0 Å². The number of nitrogens with one attached hydrogen (secondary N) is 1. The Hall–Kier alpha value is -2.71. The Morgan fingerprint density at radius 3 is 2.82 bits per heavy atom. The van der Waals surface area contributed by atoms with Crippen LogP contribution < -0.4 is 11.1 Å². The molecular formula is C8H9N5O4. The summed E-state index contributed by atoms with van der Waals surface area (Å²) in [5.41, 5.74) is 4.40. The van der Waals surface area contributed by atoms with Gasteiger partial charge in [-0.05, 0) is 4.92 Å². The van der Waals surface area contributed by atoms with Crippen molar-refractivity contribution < 1.29 is 14.5 Å². The SMILES string of the molecule is C=CCn1cc(C(=O)NC(N)=O)c([N+](=O)[O-])n1. The average molecular weight is 239 g/mol. The molecule has 1 heterocycles. The molecule has 0 atom stereocenters. The minimum absolute atomic E-state index is 0.199. The normalized spacial score (nSPS) is 9.65. The third-order valence-electron chi connectivity index (χ3n) is 1.71. The zero-order chi connectivity index (χ0) is 13.0. The van der Waals surface area contributed by atoms with Crippen molar-refractivity contribution >= 4 is 17.8 Å². The highest BCUT2D eigenvalue weighted by Gasteiger charge is 2.26. The number of carbonyl (C=O) groups excluding carboxylic acids is 2. The van der Waals surface area contributed by atoms with Crippen molar-refractivity contribution in [3.8, 4) is 0 Å². The van der Waals surface area contributed by atoms with Crippen LogP contribution in [0.2, 0.25) is 0 Å². The predicted molar refractivity (Wildman–Crippen MR) is 56.1 cm³/mol. The molecule has 0 radical (unpaired) electrons. The molecule has 0 aliphatic rings. The summed E-state index contributed by atoms with van der Waals surface area (Å²) in [6.07, 6.45) is 2.59. The van der Waals surface area contributed by atoms with Crippen LogP contribution in [0, 0.1) is 10.1 Å². The van der Waals surface area contributed by atoms with Gasteiger partial charge in [-0.25, -0.2) is 4.79 Å². The summed E-state index contributed by atoms with van der Waals surface area (Å²) in [5, 5.41) is 15.9. The molecule has 0 aliphatic carbocycles. The fourth-order valence-electron chi connectivity index (χ4n) is 1.11. The van der Waals surface area contributed by atoms with Crippen molar-refractivity contribution in [3.63, 3.8) is 0 Å². The summed E-state index contributed by atoms with van der Waals surface area (Å²) >= 11 is 0. The molecule has 3 amide bonds. The van der Waals surface area contributed by atoms with Gasteiger partial charge in [0.25, 0.3) is 5.91 Å². The first-order valence-corrected chi connectivity index (χ1v) is 4.39. The number of imide groups is 1. The average Bonchev–Trinajstić information content (AvgIpc) is 2.61. The third-order valence-corrected chi connectivity index (χ3v) is 1.71. The Kier molecular flexibility index (Phi) is 3.55. The molecule has 3 N–H and O–H groups in total. The molecule has 0 bridgehead atoms. The molecule has 0 unspecified atom stereocenters. The van der Waals surface area contributed by atoms with Crippen molar-refractivity contribution in [1.29, 1.82) is 0 Å². The first-order valence-electron chi connectivity index (χ1n) is 4.39. The van der Waals surface area contributed by atoms with Crippen LogP contribution >= 0.6 is 0 Å². The van der Waals surface area contributed by atoms with Gasteiger partial charge in [-0.15, -0.1) is 6.58 Å². The highest BCUT2D eigenvalue weighted by molar-refractivity contribution is 6.05. The number of amides is 3. The number of hydrogen-bond donors (Lipinski definition) is 2. The van der Waals surface area contributed by atoms with Crippen LogP contribution in [0.15, 0.2) is 18.9 Å². The van der Waals surface area contributed by atoms with Gasteiger partial charge < -0.3 is 15.8 Å². The van der Waals surface area contributed by atoms with Crippen LogP contribution in [0.1, 0.15) is 10.4 Å². The monoisotopic (exact) mass is 239 g/mol. The molecule has 0 aliphatic heterocycles. The molecule has 9 heteroatoms. The van der Waals surface area contributed by atoms with Gasteiger partial charge in [-0.3, -0.25) is 10.1 Å². The first kappa shape index (κ1) is 12.4. The summed E-state index contributed by atoms with van der Waals surface area (Å²) in [7, 11) is 0. The van der Waals surface area contributed by atoms with Crippen LogP contribution in [-0.2, 0) is 6.54 Å². The minimum atomic E-state index is -1.10. The standard InChI is InChI=1S/C8H9N5O4/c1-2-3-12-4-5(6(11-12)13(16)17)7(14)10-8(9)15/h2,4H,1,3H2,(H3,9,10,14,15). The smallest absolute Gasteiger partial charge is 0.358 e. The van der Waals surface area contributed by atoms with Gasteiger partial charge in [0.1, 0.15) is 0 Å². The zero-order valence-corrected chi connectivity index (χ0v) is 8.62.